The third kappa shape index (κ3) is 3.82. The van der Waals surface area contributed by atoms with Crippen molar-refractivity contribution in [2.24, 2.45) is 0 Å². The predicted octanol–water partition coefficient (Wildman–Crippen LogP) is 0.687. The van der Waals surface area contributed by atoms with Gasteiger partial charge in [-0.1, -0.05) is 0 Å². The van der Waals surface area contributed by atoms with Crippen LogP contribution in [0, 0.1) is 12.3 Å². The van der Waals surface area contributed by atoms with E-state index in [1.807, 2.05) is 5.92 Å². The Morgan fingerprint density at radius 3 is 2.64 bits per heavy atom. The van der Waals surface area contributed by atoms with Gasteiger partial charge in [0.1, 0.15) is 0 Å². The molecule has 0 N–H and O–H groups in total. The molecule has 6 nitrogen and oxygen atoms in total. The van der Waals surface area contributed by atoms with Crippen molar-refractivity contribution in [3.05, 3.63) is 17.7 Å². The molecule has 1 radical (unpaired) electrons. The van der Waals surface area contributed by atoms with Crippen molar-refractivity contribution in [2.75, 3.05) is 13.6 Å². The molecule has 1 aromatic rings. The minimum Gasteiger partial charge on any atom is -0.692 e. The number of halogens is 3. The summed E-state index contributed by atoms with van der Waals surface area (Å²) in [6.07, 6.45) is 7.35. The van der Waals surface area contributed by atoms with Crippen LogP contribution in [0.1, 0.15) is 11.3 Å². The number of likely N-dealkylation sites (N-methyl/N-ethyl adjacent to an activating group) is 1. The summed E-state index contributed by atoms with van der Waals surface area (Å²) in [5, 5.41) is 3.99. The Morgan fingerprint density at radius 2 is 2.09 bits per heavy atom. The summed E-state index contributed by atoms with van der Waals surface area (Å²) in [7, 11) is -4.04. The van der Waals surface area contributed by atoms with Crippen LogP contribution >= 0.6 is 0 Å². The molecule has 2 heterocycles. The van der Waals surface area contributed by atoms with Gasteiger partial charge in [-0.3, -0.25) is 0 Å². The topological polar surface area (TPSA) is 64.4 Å². The summed E-state index contributed by atoms with van der Waals surface area (Å²) < 4.78 is 64.8. The van der Waals surface area contributed by atoms with Crippen LogP contribution in [0.25, 0.3) is 0 Å². The van der Waals surface area contributed by atoms with Gasteiger partial charge >= 0.3 is 15.6 Å². The second-order valence-electron chi connectivity index (χ2n) is 4.54. The molecule has 0 atom stereocenters. The standard InChI is InChI=1S/C11H11F3N3O3S.Y/c1-3-5-17-10(20-21(18,19)11(12,13)14)8-7-16(2)6-4-9(8)15-17;/h4-7H2,2H3;/q-1;. The van der Waals surface area contributed by atoms with Crippen LogP contribution in [0.3, 0.4) is 0 Å². The average Bonchev–Trinajstić information content (AvgIpc) is 2.66. The Balaban J connectivity index is 0.00000242. The zero-order valence-electron chi connectivity index (χ0n) is 11.5. The van der Waals surface area contributed by atoms with Crippen LogP contribution in [-0.4, -0.2) is 42.2 Å². The summed E-state index contributed by atoms with van der Waals surface area (Å²) in [5.74, 6) is 1.44. The van der Waals surface area contributed by atoms with Crippen LogP contribution in [0.4, 0.5) is 13.2 Å². The van der Waals surface area contributed by atoms with Gasteiger partial charge in [0.25, 0.3) is 0 Å². The summed E-state index contributed by atoms with van der Waals surface area (Å²) in [5.41, 5.74) is -4.77. The number of hydrogen-bond donors (Lipinski definition) is 0. The number of fused-ring (bicyclic) bond motifs is 1. The van der Waals surface area contributed by atoms with E-state index >= 15 is 0 Å². The normalized spacial score (nSPS) is 15.6. The molecular formula is C11H11F3N3O3SY-. The van der Waals surface area contributed by atoms with Gasteiger partial charge in [-0.25, -0.2) is 4.68 Å². The third-order valence-electron chi connectivity index (χ3n) is 2.94. The number of rotatable bonds is 3. The van der Waals surface area contributed by atoms with Crippen molar-refractivity contribution in [3.8, 4) is 11.8 Å². The third-order valence-corrected chi connectivity index (χ3v) is 3.89. The number of alkyl halides is 3. The van der Waals surface area contributed by atoms with Gasteiger partial charge in [0.15, 0.2) is 0 Å². The van der Waals surface area contributed by atoms with Crippen molar-refractivity contribution < 1.29 is 58.5 Å². The maximum absolute atomic E-state index is 12.4. The fourth-order valence-electron chi connectivity index (χ4n) is 1.96. The maximum Gasteiger partial charge on any atom is 0.534 e. The molecule has 1 aliphatic heterocycles. The first-order valence-electron chi connectivity index (χ1n) is 5.83. The first-order valence-corrected chi connectivity index (χ1v) is 7.24. The zero-order chi connectivity index (χ0) is 15.8. The van der Waals surface area contributed by atoms with E-state index in [-0.39, 0.29) is 51.4 Å². The molecule has 22 heavy (non-hydrogen) atoms. The molecule has 0 saturated heterocycles. The van der Waals surface area contributed by atoms with E-state index in [1.54, 1.807) is 11.9 Å². The van der Waals surface area contributed by atoms with E-state index in [9.17, 15) is 21.6 Å². The average molecular weight is 411 g/mol. The fraction of sp³-hybridized carbons (Fsp3) is 0.545. The number of aromatic nitrogens is 2. The molecule has 2 rings (SSSR count). The monoisotopic (exact) mass is 411 g/mol. The minimum absolute atomic E-state index is 0. The van der Waals surface area contributed by atoms with Gasteiger partial charge in [-0.2, -0.15) is 26.7 Å². The Morgan fingerprint density at radius 1 is 1.45 bits per heavy atom. The van der Waals surface area contributed by atoms with Crippen LogP contribution in [0.15, 0.2) is 0 Å². The van der Waals surface area contributed by atoms with Crippen LogP contribution in [-0.2, 0) is 62.3 Å². The summed E-state index contributed by atoms with van der Waals surface area (Å²) in [4.78, 5) is 1.80. The second-order valence-corrected chi connectivity index (χ2v) is 6.07. The molecule has 119 valence electrons. The Kier molecular flexibility index (Phi) is 6.06. The molecule has 0 saturated carbocycles. The molecule has 0 aliphatic carbocycles. The fourth-order valence-corrected chi connectivity index (χ4v) is 2.45. The quantitative estimate of drug-likeness (QED) is 0.317. The van der Waals surface area contributed by atoms with Gasteiger partial charge in [0.2, 0.25) is 5.88 Å². The minimum atomic E-state index is -5.78. The molecule has 0 bridgehead atoms. The van der Waals surface area contributed by atoms with Crippen LogP contribution in [0.2, 0.25) is 0 Å². The molecule has 11 heteroatoms. The molecule has 1 aromatic heterocycles. The van der Waals surface area contributed by atoms with E-state index in [0.29, 0.717) is 18.7 Å². The van der Waals surface area contributed by atoms with Gasteiger partial charge in [0.05, 0.1) is 17.8 Å². The van der Waals surface area contributed by atoms with E-state index < -0.39 is 21.5 Å². The van der Waals surface area contributed by atoms with Crippen molar-refractivity contribution in [1.29, 1.82) is 0 Å². The van der Waals surface area contributed by atoms with Gasteiger partial charge in [-0.15, -0.1) is 0 Å². The molecule has 0 fully saturated rings. The van der Waals surface area contributed by atoms with Crippen LogP contribution in [0.5, 0.6) is 5.88 Å². The SMILES string of the molecule is [C-]#CCn1nc2c(c1OS(=O)(=O)C(F)(F)F)CN(C)CC2.[Y]. The molecule has 0 aromatic carbocycles. The summed E-state index contributed by atoms with van der Waals surface area (Å²) in [6.45, 7) is 0.569. The van der Waals surface area contributed by atoms with Crippen molar-refractivity contribution >= 4 is 10.1 Å². The van der Waals surface area contributed by atoms with Gasteiger partial charge in [0, 0.05) is 52.2 Å². The molecule has 1 aliphatic rings. The van der Waals surface area contributed by atoms with E-state index in [0.717, 1.165) is 4.68 Å². The van der Waals surface area contributed by atoms with E-state index in [4.69, 9.17) is 6.42 Å². The van der Waals surface area contributed by atoms with E-state index in [1.165, 1.54) is 0 Å². The number of nitrogens with zero attached hydrogens (tertiary/aromatic N) is 3. The van der Waals surface area contributed by atoms with Gasteiger partial charge in [-0.05, 0) is 7.05 Å². The van der Waals surface area contributed by atoms with Crippen molar-refractivity contribution in [1.82, 2.24) is 14.7 Å². The Labute approximate surface area is 151 Å². The molecule has 0 amide bonds. The first-order chi connectivity index (χ1) is 9.65. The molecule has 0 unspecified atom stereocenters. The molecule has 0 spiro atoms. The van der Waals surface area contributed by atoms with E-state index in [2.05, 4.69) is 9.28 Å². The van der Waals surface area contributed by atoms with Crippen molar-refractivity contribution in [2.45, 2.75) is 25.0 Å². The Hall–Kier alpha value is -0.626. The zero-order valence-corrected chi connectivity index (χ0v) is 15.2. The summed E-state index contributed by atoms with van der Waals surface area (Å²) in [6, 6.07) is 0. The number of hydrogen-bond acceptors (Lipinski definition) is 5. The molecular weight excluding hydrogens is 400 g/mol. The summed E-state index contributed by atoms with van der Waals surface area (Å²) >= 11 is 0. The van der Waals surface area contributed by atoms with Crippen LogP contribution < -0.4 is 4.18 Å². The first kappa shape index (κ1) is 19.4. The van der Waals surface area contributed by atoms with Crippen molar-refractivity contribution in [3.63, 3.8) is 0 Å². The Bertz CT molecular complexity index is 694. The second kappa shape index (κ2) is 6.87. The predicted molar refractivity (Wildman–Crippen MR) is 65.0 cm³/mol. The largest absolute Gasteiger partial charge is 0.692 e. The smallest absolute Gasteiger partial charge is 0.534 e. The van der Waals surface area contributed by atoms with Gasteiger partial charge < -0.3 is 21.4 Å². The maximum atomic E-state index is 12.4.